The van der Waals surface area contributed by atoms with Crippen LogP contribution in [0, 0.1) is 0 Å². The molecule has 4 heteroatoms. The molecule has 0 bridgehead atoms. The first-order chi connectivity index (χ1) is 8.75. The maximum Gasteiger partial charge on any atom is 0.234 e. The van der Waals surface area contributed by atoms with Gasteiger partial charge in [-0.3, -0.25) is 4.79 Å². The van der Waals surface area contributed by atoms with Crippen molar-refractivity contribution in [2.24, 2.45) is 0 Å². The van der Waals surface area contributed by atoms with E-state index < -0.39 is 0 Å². The monoisotopic (exact) mass is 310 g/mol. The van der Waals surface area contributed by atoms with Crippen molar-refractivity contribution in [3.63, 3.8) is 0 Å². The molecule has 0 aromatic heterocycles. The summed E-state index contributed by atoms with van der Waals surface area (Å²) in [7, 11) is 0. The van der Waals surface area contributed by atoms with Crippen molar-refractivity contribution in [2.75, 3.05) is 6.54 Å². The van der Waals surface area contributed by atoms with Gasteiger partial charge < -0.3 is 10.6 Å². The van der Waals surface area contributed by atoms with Crippen LogP contribution < -0.4 is 10.6 Å². The Kier molecular flexibility index (Phi) is 5.20. The van der Waals surface area contributed by atoms with Crippen LogP contribution in [0.3, 0.4) is 0 Å². The standard InChI is InChI=1S/C14H19BrN2O/c15-13-8-4-1-5-11(13)9-17-14(18)10-16-12-6-2-3-7-12/h1,4-5,8,12,16H,2-3,6-7,9-10H2,(H,17,18). The van der Waals surface area contributed by atoms with Gasteiger partial charge in [-0.05, 0) is 24.5 Å². The van der Waals surface area contributed by atoms with Crippen LogP contribution in [-0.4, -0.2) is 18.5 Å². The fraction of sp³-hybridized carbons (Fsp3) is 0.500. The van der Waals surface area contributed by atoms with Crippen LogP contribution in [-0.2, 0) is 11.3 Å². The molecular formula is C14H19BrN2O. The van der Waals surface area contributed by atoms with Crippen molar-refractivity contribution < 1.29 is 4.79 Å². The van der Waals surface area contributed by atoms with Crippen molar-refractivity contribution in [3.05, 3.63) is 34.3 Å². The third-order valence-corrected chi connectivity index (χ3v) is 4.11. The minimum absolute atomic E-state index is 0.0673. The lowest BCUT2D eigenvalue weighted by molar-refractivity contribution is -0.120. The van der Waals surface area contributed by atoms with Gasteiger partial charge in [-0.2, -0.15) is 0 Å². The van der Waals surface area contributed by atoms with E-state index in [2.05, 4.69) is 26.6 Å². The van der Waals surface area contributed by atoms with Gasteiger partial charge in [0.05, 0.1) is 6.54 Å². The van der Waals surface area contributed by atoms with Crippen LogP contribution in [0.4, 0.5) is 0 Å². The topological polar surface area (TPSA) is 41.1 Å². The van der Waals surface area contributed by atoms with Gasteiger partial charge in [0.1, 0.15) is 0 Å². The molecule has 98 valence electrons. The molecule has 1 aliphatic rings. The lowest BCUT2D eigenvalue weighted by Gasteiger charge is -2.12. The molecule has 2 N–H and O–H groups in total. The third-order valence-electron chi connectivity index (χ3n) is 3.34. The highest BCUT2D eigenvalue weighted by molar-refractivity contribution is 9.10. The first kappa shape index (κ1) is 13.6. The van der Waals surface area contributed by atoms with Crippen LogP contribution >= 0.6 is 15.9 Å². The molecule has 0 heterocycles. The molecule has 0 radical (unpaired) electrons. The van der Waals surface area contributed by atoms with Crippen molar-refractivity contribution in [1.29, 1.82) is 0 Å². The Labute approximate surface area is 116 Å². The SMILES string of the molecule is O=C(CNC1CCCC1)NCc1ccccc1Br. The summed E-state index contributed by atoms with van der Waals surface area (Å²) in [5, 5.41) is 6.24. The van der Waals surface area contributed by atoms with Crippen LogP contribution in [0.15, 0.2) is 28.7 Å². The predicted molar refractivity (Wildman–Crippen MR) is 76.2 cm³/mol. The summed E-state index contributed by atoms with van der Waals surface area (Å²) in [6.07, 6.45) is 4.99. The quantitative estimate of drug-likeness (QED) is 0.877. The number of nitrogens with one attached hydrogen (secondary N) is 2. The van der Waals surface area contributed by atoms with Crippen LogP contribution in [0.1, 0.15) is 31.2 Å². The van der Waals surface area contributed by atoms with E-state index >= 15 is 0 Å². The minimum atomic E-state index is 0.0673. The summed E-state index contributed by atoms with van der Waals surface area (Å²) in [4.78, 5) is 11.7. The highest BCUT2D eigenvalue weighted by Gasteiger charge is 2.15. The Morgan fingerprint density at radius 2 is 2.00 bits per heavy atom. The number of benzene rings is 1. The van der Waals surface area contributed by atoms with Crippen LogP contribution in [0.25, 0.3) is 0 Å². The number of hydrogen-bond donors (Lipinski definition) is 2. The Morgan fingerprint density at radius 3 is 2.72 bits per heavy atom. The van der Waals surface area contributed by atoms with Gasteiger partial charge in [-0.1, -0.05) is 47.0 Å². The summed E-state index contributed by atoms with van der Waals surface area (Å²) in [6, 6.07) is 8.48. The number of hydrogen-bond acceptors (Lipinski definition) is 2. The Bertz CT molecular complexity index is 403. The van der Waals surface area contributed by atoms with Crippen LogP contribution in [0.2, 0.25) is 0 Å². The van der Waals surface area contributed by atoms with E-state index in [1.807, 2.05) is 24.3 Å². The zero-order valence-corrected chi connectivity index (χ0v) is 12.0. The summed E-state index contributed by atoms with van der Waals surface area (Å²) in [5.41, 5.74) is 1.10. The average molecular weight is 311 g/mol. The van der Waals surface area contributed by atoms with E-state index in [0.29, 0.717) is 19.1 Å². The van der Waals surface area contributed by atoms with Gasteiger partial charge >= 0.3 is 0 Å². The molecule has 1 amide bonds. The summed E-state index contributed by atoms with van der Waals surface area (Å²) < 4.78 is 1.04. The Balaban J connectivity index is 1.69. The van der Waals surface area contributed by atoms with Gasteiger partial charge in [0.2, 0.25) is 5.91 Å². The fourth-order valence-corrected chi connectivity index (χ4v) is 2.69. The molecule has 1 fully saturated rings. The molecular weight excluding hydrogens is 292 g/mol. The van der Waals surface area contributed by atoms with Crippen LogP contribution in [0.5, 0.6) is 0 Å². The van der Waals surface area contributed by atoms with Crippen molar-refractivity contribution in [1.82, 2.24) is 10.6 Å². The summed E-state index contributed by atoms with van der Waals surface area (Å²) >= 11 is 3.47. The molecule has 3 nitrogen and oxygen atoms in total. The number of carbonyl (C=O) groups excluding carboxylic acids is 1. The van der Waals surface area contributed by atoms with Crippen molar-refractivity contribution in [2.45, 2.75) is 38.3 Å². The van der Waals surface area contributed by atoms with Crippen molar-refractivity contribution >= 4 is 21.8 Å². The predicted octanol–water partition coefficient (Wildman–Crippen LogP) is 2.60. The molecule has 18 heavy (non-hydrogen) atoms. The highest BCUT2D eigenvalue weighted by Crippen LogP contribution is 2.17. The lowest BCUT2D eigenvalue weighted by atomic mass is 10.2. The van der Waals surface area contributed by atoms with E-state index in [1.54, 1.807) is 0 Å². The van der Waals surface area contributed by atoms with E-state index in [0.717, 1.165) is 10.0 Å². The first-order valence-corrected chi connectivity index (χ1v) is 7.28. The molecule has 1 aromatic rings. The molecule has 0 atom stereocenters. The summed E-state index contributed by atoms with van der Waals surface area (Å²) in [6.45, 7) is 1.00. The summed E-state index contributed by atoms with van der Waals surface area (Å²) in [5.74, 6) is 0.0673. The van der Waals surface area contributed by atoms with Crippen molar-refractivity contribution in [3.8, 4) is 0 Å². The van der Waals surface area contributed by atoms with E-state index in [-0.39, 0.29) is 5.91 Å². The average Bonchev–Trinajstić information content (AvgIpc) is 2.88. The second-order valence-electron chi connectivity index (χ2n) is 4.73. The molecule has 2 rings (SSSR count). The second kappa shape index (κ2) is 6.90. The maximum atomic E-state index is 11.7. The normalized spacial score (nSPS) is 15.8. The third kappa shape index (κ3) is 4.10. The molecule has 1 saturated carbocycles. The number of halogens is 1. The van der Waals surface area contributed by atoms with Gasteiger partial charge in [0.25, 0.3) is 0 Å². The number of carbonyl (C=O) groups is 1. The van der Waals surface area contributed by atoms with E-state index in [4.69, 9.17) is 0 Å². The van der Waals surface area contributed by atoms with Gasteiger partial charge in [0, 0.05) is 17.1 Å². The number of rotatable bonds is 5. The zero-order chi connectivity index (χ0) is 12.8. The second-order valence-corrected chi connectivity index (χ2v) is 5.58. The molecule has 0 spiro atoms. The van der Waals surface area contributed by atoms with E-state index in [9.17, 15) is 4.79 Å². The molecule has 0 aliphatic heterocycles. The van der Waals surface area contributed by atoms with Gasteiger partial charge in [-0.15, -0.1) is 0 Å². The largest absolute Gasteiger partial charge is 0.351 e. The first-order valence-electron chi connectivity index (χ1n) is 6.49. The minimum Gasteiger partial charge on any atom is -0.351 e. The maximum absolute atomic E-state index is 11.7. The number of amides is 1. The molecule has 0 unspecified atom stereocenters. The fourth-order valence-electron chi connectivity index (χ4n) is 2.27. The Hall–Kier alpha value is -0.870. The van der Waals surface area contributed by atoms with Gasteiger partial charge in [-0.25, -0.2) is 0 Å². The zero-order valence-electron chi connectivity index (χ0n) is 10.4. The molecule has 1 aromatic carbocycles. The highest BCUT2D eigenvalue weighted by atomic mass is 79.9. The molecule has 1 aliphatic carbocycles. The lowest BCUT2D eigenvalue weighted by Crippen LogP contribution is -2.37. The van der Waals surface area contributed by atoms with Gasteiger partial charge in [0.15, 0.2) is 0 Å². The molecule has 0 saturated heterocycles. The Morgan fingerprint density at radius 1 is 1.28 bits per heavy atom. The van der Waals surface area contributed by atoms with E-state index in [1.165, 1.54) is 25.7 Å². The smallest absolute Gasteiger partial charge is 0.234 e.